The molecule has 0 saturated heterocycles. The number of benzene rings is 1. The molecule has 130 valence electrons. The third-order valence-corrected chi connectivity index (χ3v) is 4.98. The Kier molecular flexibility index (Phi) is 5.33. The minimum Gasteiger partial charge on any atom is -0.326 e. The Labute approximate surface area is 150 Å². The van der Waals surface area contributed by atoms with E-state index >= 15 is 0 Å². The number of nitrogens with zero attached hydrogens (tertiary/aromatic N) is 2. The summed E-state index contributed by atoms with van der Waals surface area (Å²) in [5.41, 5.74) is 3.31. The van der Waals surface area contributed by atoms with Gasteiger partial charge in [-0.25, -0.2) is 9.97 Å². The van der Waals surface area contributed by atoms with Gasteiger partial charge < -0.3 is 10.6 Å². The van der Waals surface area contributed by atoms with Crippen molar-refractivity contribution in [2.75, 3.05) is 16.4 Å². The summed E-state index contributed by atoms with van der Waals surface area (Å²) in [5.74, 6) is 0.703. The van der Waals surface area contributed by atoms with Gasteiger partial charge in [0, 0.05) is 48.8 Å². The van der Waals surface area contributed by atoms with Gasteiger partial charge in [0.05, 0.1) is 0 Å². The summed E-state index contributed by atoms with van der Waals surface area (Å²) in [6.07, 6.45) is 5.04. The first-order valence-corrected chi connectivity index (χ1v) is 9.21. The summed E-state index contributed by atoms with van der Waals surface area (Å²) < 4.78 is 0. The molecule has 6 nitrogen and oxygen atoms in total. The molecule has 0 aliphatic carbocycles. The lowest BCUT2D eigenvalue weighted by molar-refractivity contribution is -0.116. The fourth-order valence-corrected chi connectivity index (χ4v) is 3.46. The van der Waals surface area contributed by atoms with E-state index in [1.165, 1.54) is 6.92 Å². The standard InChI is InChI=1S/C18H20N4O2S/c1-3-6-25-18-19-9-12(10-20-18)15-8-17(24)22-16-7-13(21-11(2)23)4-5-14(15)16/h4-5,7,9-10,15H,3,6,8H2,1-2H3,(H,21,23)(H,22,24)/t15-/m0/s1. The van der Waals surface area contributed by atoms with E-state index in [2.05, 4.69) is 27.5 Å². The van der Waals surface area contributed by atoms with E-state index in [1.807, 2.05) is 12.1 Å². The molecule has 2 N–H and O–H groups in total. The average molecular weight is 356 g/mol. The zero-order valence-electron chi connectivity index (χ0n) is 14.2. The fraction of sp³-hybridized carbons (Fsp3) is 0.333. The predicted molar refractivity (Wildman–Crippen MR) is 98.9 cm³/mol. The topological polar surface area (TPSA) is 84.0 Å². The van der Waals surface area contributed by atoms with Crippen LogP contribution in [0.3, 0.4) is 0 Å². The summed E-state index contributed by atoms with van der Waals surface area (Å²) in [6.45, 7) is 3.57. The van der Waals surface area contributed by atoms with Gasteiger partial charge in [0.25, 0.3) is 0 Å². The molecule has 0 spiro atoms. The lowest BCUT2D eigenvalue weighted by Gasteiger charge is -2.26. The van der Waals surface area contributed by atoms with Gasteiger partial charge in [0.1, 0.15) is 0 Å². The zero-order valence-corrected chi connectivity index (χ0v) is 15.0. The number of hydrogen-bond donors (Lipinski definition) is 2. The third-order valence-electron chi connectivity index (χ3n) is 3.90. The van der Waals surface area contributed by atoms with Crippen LogP contribution in [0.2, 0.25) is 0 Å². The first kappa shape index (κ1) is 17.4. The highest BCUT2D eigenvalue weighted by molar-refractivity contribution is 7.99. The van der Waals surface area contributed by atoms with Crippen molar-refractivity contribution in [3.05, 3.63) is 41.7 Å². The summed E-state index contributed by atoms with van der Waals surface area (Å²) in [5, 5.41) is 6.37. The van der Waals surface area contributed by atoms with Crippen molar-refractivity contribution in [1.82, 2.24) is 9.97 Å². The van der Waals surface area contributed by atoms with Crippen LogP contribution in [0.4, 0.5) is 11.4 Å². The Bertz CT molecular complexity index is 792. The van der Waals surface area contributed by atoms with Crippen molar-refractivity contribution in [3.63, 3.8) is 0 Å². The number of rotatable bonds is 5. The maximum absolute atomic E-state index is 12.1. The molecule has 0 radical (unpaired) electrons. The minimum absolute atomic E-state index is 0.0538. The highest BCUT2D eigenvalue weighted by Gasteiger charge is 2.27. The highest BCUT2D eigenvalue weighted by Crippen LogP contribution is 2.38. The number of nitrogens with one attached hydrogen (secondary N) is 2. The quantitative estimate of drug-likeness (QED) is 0.633. The fourth-order valence-electron chi connectivity index (χ4n) is 2.82. The number of anilines is 2. The lowest BCUT2D eigenvalue weighted by atomic mass is 9.86. The number of aromatic nitrogens is 2. The second-order valence-corrected chi connectivity index (χ2v) is 7.00. The van der Waals surface area contributed by atoms with Crippen LogP contribution >= 0.6 is 11.8 Å². The Balaban J connectivity index is 1.88. The summed E-state index contributed by atoms with van der Waals surface area (Å²) in [6, 6.07) is 5.56. The van der Waals surface area contributed by atoms with Gasteiger partial charge >= 0.3 is 0 Å². The van der Waals surface area contributed by atoms with Crippen LogP contribution in [0.25, 0.3) is 0 Å². The molecule has 1 aliphatic rings. The van der Waals surface area contributed by atoms with Crippen LogP contribution in [0.1, 0.15) is 43.7 Å². The summed E-state index contributed by atoms with van der Waals surface area (Å²) in [7, 11) is 0. The van der Waals surface area contributed by atoms with Gasteiger partial charge in [-0.3, -0.25) is 9.59 Å². The van der Waals surface area contributed by atoms with E-state index in [1.54, 1.807) is 30.2 Å². The Morgan fingerprint density at radius 3 is 2.80 bits per heavy atom. The molecule has 0 fully saturated rings. The van der Waals surface area contributed by atoms with Crippen molar-refractivity contribution in [2.45, 2.75) is 37.8 Å². The van der Waals surface area contributed by atoms with E-state index in [-0.39, 0.29) is 17.7 Å². The van der Waals surface area contributed by atoms with Gasteiger partial charge in [-0.15, -0.1) is 0 Å². The molecule has 1 aliphatic heterocycles. The van der Waals surface area contributed by atoms with E-state index in [0.29, 0.717) is 12.1 Å². The van der Waals surface area contributed by atoms with Crippen LogP contribution in [-0.4, -0.2) is 27.5 Å². The third kappa shape index (κ3) is 4.17. The molecule has 2 aromatic rings. The van der Waals surface area contributed by atoms with E-state index in [4.69, 9.17) is 0 Å². The molecule has 1 aromatic heterocycles. The molecule has 0 unspecified atom stereocenters. The number of amides is 2. The predicted octanol–water partition coefficient (Wildman–Crippen LogP) is 3.41. The average Bonchev–Trinajstić information content (AvgIpc) is 2.59. The molecule has 7 heteroatoms. The normalized spacial score (nSPS) is 16.1. The summed E-state index contributed by atoms with van der Waals surface area (Å²) in [4.78, 5) is 32.1. The molecule has 25 heavy (non-hydrogen) atoms. The number of thioether (sulfide) groups is 1. The second-order valence-electron chi connectivity index (χ2n) is 5.94. The van der Waals surface area contributed by atoms with Gasteiger partial charge in [-0.05, 0) is 29.7 Å². The highest BCUT2D eigenvalue weighted by atomic mass is 32.2. The van der Waals surface area contributed by atoms with E-state index < -0.39 is 0 Å². The number of carbonyl (C=O) groups excluding carboxylic acids is 2. The molecular formula is C18H20N4O2S. The largest absolute Gasteiger partial charge is 0.326 e. The Hall–Kier alpha value is -2.41. The lowest BCUT2D eigenvalue weighted by Crippen LogP contribution is -2.24. The first-order valence-electron chi connectivity index (χ1n) is 8.23. The minimum atomic E-state index is -0.146. The second kappa shape index (κ2) is 7.65. The van der Waals surface area contributed by atoms with Crippen LogP contribution in [0.5, 0.6) is 0 Å². The van der Waals surface area contributed by atoms with Gasteiger partial charge in [-0.1, -0.05) is 24.8 Å². The van der Waals surface area contributed by atoms with Crippen molar-refractivity contribution >= 4 is 35.0 Å². The molecule has 3 rings (SSSR count). The van der Waals surface area contributed by atoms with Crippen LogP contribution in [-0.2, 0) is 9.59 Å². The van der Waals surface area contributed by atoms with Crippen LogP contribution in [0, 0.1) is 0 Å². The number of hydrogen-bond acceptors (Lipinski definition) is 5. The van der Waals surface area contributed by atoms with Gasteiger partial charge in [0.2, 0.25) is 11.8 Å². The Morgan fingerprint density at radius 1 is 1.36 bits per heavy atom. The zero-order chi connectivity index (χ0) is 17.8. The molecule has 1 atom stereocenters. The number of carbonyl (C=O) groups is 2. The van der Waals surface area contributed by atoms with Crippen molar-refractivity contribution in [1.29, 1.82) is 0 Å². The molecule has 2 amide bonds. The van der Waals surface area contributed by atoms with Crippen molar-refractivity contribution in [3.8, 4) is 0 Å². The van der Waals surface area contributed by atoms with Crippen molar-refractivity contribution < 1.29 is 9.59 Å². The number of fused-ring (bicyclic) bond motifs is 1. The van der Waals surface area contributed by atoms with Crippen LogP contribution in [0.15, 0.2) is 35.7 Å². The summed E-state index contributed by atoms with van der Waals surface area (Å²) >= 11 is 1.63. The van der Waals surface area contributed by atoms with Gasteiger partial charge in [0.15, 0.2) is 5.16 Å². The van der Waals surface area contributed by atoms with Crippen LogP contribution < -0.4 is 10.6 Å². The SMILES string of the molecule is CCCSc1ncc([C@@H]2CC(=O)Nc3cc(NC(C)=O)ccc32)cn1. The Morgan fingerprint density at radius 2 is 2.12 bits per heavy atom. The monoisotopic (exact) mass is 356 g/mol. The first-order chi connectivity index (χ1) is 12.1. The smallest absolute Gasteiger partial charge is 0.225 e. The van der Waals surface area contributed by atoms with Crippen molar-refractivity contribution in [2.24, 2.45) is 0 Å². The molecule has 1 aromatic carbocycles. The van der Waals surface area contributed by atoms with Gasteiger partial charge in [-0.2, -0.15) is 0 Å². The molecule has 0 bridgehead atoms. The molecule has 0 saturated carbocycles. The molecular weight excluding hydrogens is 336 g/mol. The maximum atomic E-state index is 12.1. The van der Waals surface area contributed by atoms with E-state index in [0.717, 1.165) is 34.1 Å². The molecule has 2 heterocycles. The maximum Gasteiger partial charge on any atom is 0.225 e. The van der Waals surface area contributed by atoms with E-state index in [9.17, 15) is 9.59 Å².